The lowest BCUT2D eigenvalue weighted by atomic mass is 10.2. The highest BCUT2D eigenvalue weighted by Crippen LogP contribution is 2.19. The first-order valence-electron chi connectivity index (χ1n) is 7.29. The molecular weight excluding hydrogens is 304 g/mol. The number of rotatable bonds is 4. The van der Waals surface area contributed by atoms with E-state index < -0.39 is 10.0 Å². The van der Waals surface area contributed by atoms with Gasteiger partial charge in [0.25, 0.3) is 5.91 Å². The number of nitrogens with zero attached hydrogens (tertiary/aromatic N) is 2. The largest absolute Gasteiger partial charge is 0.378 e. The molecule has 2 rings (SSSR count). The second kappa shape index (κ2) is 6.76. The predicted octanol–water partition coefficient (Wildman–Crippen LogP) is 1.19. The van der Waals surface area contributed by atoms with E-state index in [1.807, 2.05) is 0 Å². The van der Waals surface area contributed by atoms with Crippen LogP contribution < -0.4 is 0 Å². The lowest BCUT2D eigenvalue weighted by Gasteiger charge is -2.27. The van der Waals surface area contributed by atoms with Crippen molar-refractivity contribution in [1.29, 1.82) is 0 Å². The number of amides is 1. The van der Waals surface area contributed by atoms with Crippen LogP contribution in [0.5, 0.6) is 0 Å². The minimum atomic E-state index is -3.59. The zero-order valence-corrected chi connectivity index (χ0v) is 14.0. The Bertz CT molecular complexity index is 637. The predicted molar refractivity (Wildman–Crippen MR) is 83.2 cm³/mol. The monoisotopic (exact) mass is 326 g/mol. The van der Waals surface area contributed by atoms with E-state index in [9.17, 15) is 13.2 Å². The summed E-state index contributed by atoms with van der Waals surface area (Å²) in [6.07, 6.45) is 0. The molecule has 0 radical (unpaired) electrons. The summed E-state index contributed by atoms with van der Waals surface area (Å²) in [5.74, 6) is -0.160. The fraction of sp³-hybridized carbons (Fsp3) is 0.533. The van der Waals surface area contributed by atoms with Crippen molar-refractivity contribution in [2.75, 3.05) is 33.4 Å². The highest BCUT2D eigenvalue weighted by atomic mass is 32.2. The fourth-order valence-electron chi connectivity index (χ4n) is 2.18. The molecule has 1 aromatic carbocycles. The highest BCUT2D eigenvalue weighted by Gasteiger charge is 2.25. The molecule has 0 N–H and O–H groups in total. The molecule has 0 unspecified atom stereocenters. The van der Waals surface area contributed by atoms with Crippen LogP contribution in [0.4, 0.5) is 0 Å². The van der Waals surface area contributed by atoms with Crippen LogP contribution in [0.3, 0.4) is 0 Å². The summed E-state index contributed by atoms with van der Waals surface area (Å²) in [6.45, 7) is 5.70. The summed E-state index contributed by atoms with van der Waals surface area (Å²) in [6, 6.07) is 6.07. The van der Waals surface area contributed by atoms with E-state index in [1.165, 1.54) is 23.5 Å². The van der Waals surface area contributed by atoms with Crippen molar-refractivity contribution in [2.45, 2.75) is 24.8 Å². The van der Waals surface area contributed by atoms with E-state index in [0.29, 0.717) is 31.9 Å². The van der Waals surface area contributed by atoms with Crippen molar-refractivity contribution in [3.63, 3.8) is 0 Å². The van der Waals surface area contributed by atoms with Crippen molar-refractivity contribution in [1.82, 2.24) is 9.21 Å². The van der Waals surface area contributed by atoms with Crippen LogP contribution in [-0.4, -0.2) is 62.9 Å². The topological polar surface area (TPSA) is 66.9 Å². The quantitative estimate of drug-likeness (QED) is 0.833. The third kappa shape index (κ3) is 3.48. The first kappa shape index (κ1) is 16.9. The van der Waals surface area contributed by atoms with E-state index in [4.69, 9.17) is 4.74 Å². The van der Waals surface area contributed by atoms with Gasteiger partial charge in [-0.05, 0) is 32.0 Å². The van der Waals surface area contributed by atoms with Gasteiger partial charge < -0.3 is 9.64 Å². The molecule has 0 bridgehead atoms. The molecule has 1 amide bonds. The van der Waals surface area contributed by atoms with E-state index in [2.05, 4.69) is 0 Å². The van der Waals surface area contributed by atoms with Gasteiger partial charge in [0.1, 0.15) is 0 Å². The van der Waals surface area contributed by atoms with Crippen molar-refractivity contribution in [2.24, 2.45) is 0 Å². The fourth-order valence-corrected chi connectivity index (χ4v) is 3.60. The zero-order valence-electron chi connectivity index (χ0n) is 13.2. The molecule has 1 fully saturated rings. The molecule has 0 atom stereocenters. The Morgan fingerprint density at radius 3 is 2.50 bits per heavy atom. The van der Waals surface area contributed by atoms with Crippen molar-refractivity contribution >= 4 is 15.9 Å². The molecule has 0 aliphatic carbocycles. The van der Waals surface area contributed by atoms with E-state index in [1.54, 1.807) is 30.9 Å². The van der Waals surface area contributed by atoms with E-state index in [0.717, 1.165) is 0 Å². The summed E-state index contributed by atoms with van der Waals surface area (Å²) < 4.78 is 31.5. The van der Waals surface area contributed by atoms with Gasteiger partial charge >= 0.3 is 0 Å². The molecule has 122 valence electrons. The Morgan fingerprint density at radius 1 is 1.27 bits per heavy atom. The summed E-state index contributed by atoms with van der Waals surface area (Å²) >= 11 is 0. The van der Waals surface area contributed by atoms with Crippen molar-refractivity contribution in [3.05, 3.63) is 29.8 Å². The van der Waals surface area contributed by atoms with Crippen molar-refractivity contribution < 1.29 is 17.9 Å². The van der Waals surface area contributed by atoms with Crippen LogP contribution >= 0.6 is 0 Å². The van der Waals surface area contributed by atoms with Gasteiger partial charge in [0.2, 0.25) is 10.0 Å². The molecule has 1 heterocycles. The van der Waals surface area contributed by atoms with Crippen LogP contribution in [0.15, 0.2) is 29.2 Å². The molecule has 0 spiro atoms. The van der Waals surface area contributed by atoms with Crippen LogP contribution in [0.1, 0.15) is 24.2 Å². The van der Waals surface area contributed by atoms with Gasteiger partial charge in [-0.25, -0.2) is 8.42 Å². The summed E-state index contributed by atoms with van der Waals surface area (Å²) in [4.78, 5) is 14.3. The number of ether oxygens (including phenoxy) is 1. The molecule has 1 saturated heterocycles. The Hall–Kier alpha value is -1.44. The molecule has 1 aliphatic heterocycles. The smallest absolute Gasteiger partial charge is 0.254 e. The summed E-state index contributed by atoms with van der Waals surface area (Å²) in [5, 5.41) is 0. The molecule has 1 aromatic rings. The molecule has 22 heavy (non-hydrogen) atoms. The number of hydrogen-bond donors (Lipinski definition) is 0. The van der Waals surface area contributed by atoms with Crippen LogP contribution in [0.25, 0.3) is 0 Å². The van der Waals surface area contributed by atoms with Gasteiger partial charge in [0.05, 0.1) is 18.1 Å². The van der Waals surface area contributed by atoms with Gasteiger partial charge in [-0.1, -0.05) is 6.07 Å². The average Bonchev–Trinajstić information content (AvgIpc) is 2.54. The van der Waals surface area contributed by atoms with E-state index >= 15 is 0 Å². The van der Waals surface area contributed by atoms with Gasteiger partial charge in [-0.2, -0.15) is 4.31 Å². The number of morpholine rings is 1. The second-order valence-electron chi connectivity index (χ2n) is 5.55. The molecule has 7 heteroatoms. The molecule has 0 aromatic heterocycles. The molecule has 0 saturated carbocycles. The Labute approximate surface area is 131 Å². The molecule has 6 nitrogen and oxygen atoms in total. The number of hydrogen-bond acceptors (Lipinski definition) is 4. The SMILES string of the molecule is CC(C)N(C)S(=O)(=O)c1cccc(C(=O)N2CCOCC2)c1. The second-order valence-corrected chi connectivity index (χ2v) is 7.54. The lowest BCUT2D eigenvalue weighted by Crippen LogP contribution is -2.40. The molecule has 1 aliphatic rings. The first-order valence-corrected chi connectivity index (χ1v) is 8.73. The Balaban J connectivity index is 2.28. The Morgan fingerprint density at radius 2 is 1.91 bits per heavy atom. The third-order valence-electron chi connectivity index (χ3n) is 3.78. The van der Waals surface area contributed by atoms with Gasteiger partial charge in [0, 0.05) is 31.7 Å². The number of benzene rings is 1. The maximum Gasteiger partial charge on any atom is 0.254 e. The third-order valence-corrected chi connectivity index (χ3v) is 5.81. The zero-order chi connectivity index (χ0) is 16.3. The van der Waals surface area contributed by atoms with Gasteiger partial charge in [0.15, 0.2) is 0 Å². The minimum absolute atomic E-state index is 0.141. The highest BCUT2D eigenvalue weighted by molar-refractivity contribution is 7.89. The average molecular weight is 326 g/mol. The number of carbonyl (C=O) groups is 1. The standard InChI is InChI=1S/C15H22N2O4S/c1-12(2)16(3)22(19,20)14-6-4-5-13(11-14)15(18)17-7-9-21-10-8-17/h4-6,11-12H,7-10H2,1-3H3. The van der Waals surface area contributed by atoms with Crippen LogP contribution in [-0.2, 0) is 14.8 Å². The maximum absolute atomic E-state index is 12.5. The summed E-state index contributed by atoms with van der Waals surface area (Å²) in [5.41, 5.74) is 0.389. The lowest BCUT2D eigenvalue weighted by molar-refractivity contribution is 0.0302. The Kier molecular flexibility index (Phi) is 5.20. The minimum Gasteiger partial charge on any atom is -0.378 e. The molecular formula is C15H22N2O4S. The van der Waals surface area contributed by atoms with Crippen molar-refractivity contribution in [3.8, 4) is 0 Å². The van der Waals surface area contributed by atoms with Gasteiger partial charge in [-0.3, -0.25) is 4.79 Å². The normalized spacial score (nSPS) is 16.3. The first-order chi connectivity index (χ1) is 10.3. The summed E-state index contributed by atoms with van der Waals surface area (Å²) in [7, 11) is -2.05. The van der Waals surface area contributed by atoms with Gasteiger partial charge in [-0.15, -0.1) is 0 Å². The van der Waals surface area contributed by atoms with Crippen LogP contribution in [0, 0.1) is 0 Å². The number of carbonyl (C=O) groups excluding carboxylic acids is 1. The van der Waals surface area contributed by atoms with Crippen LogP contribution in [0.2, 0.25) is 0 Å². The van der Waals surface area contributed by atoms with E-state index in [-0.39, 0.29) is 16.8 Å². The number of sulfonamides is 1. The maximum atomic E-state index is 12.5.